The second kappa shape index (κ2) is 7.25. The van der Waals surface area contributed by atoms with E-state index in [0.29, 0.717) is 6.04 Å². The van der Waals surface area contributed by atoms with E-state index in [4.69, 9.17) is 4.74 Å². The van der Waals surface area contributed by atoms with Crippen LogP contribution in [-0.2, 0) is 6.54 Å². The van der Waals surface area contributed by atoms with E-state index in [0.717, 1.165) is 21.2 Å². The SMILES string of the molecule is COc1ccc([C@H](C)NCc2ccc(Br)c(Br)c2)cc1. The third kappa shape index (κ3) is 4.08. The fourth-order valence-electron chi connectivity index (χ4n) is 1.93. The summed E-state index contributed by atoms with van der Waals surface area (Å²) in [5.74, 6) is 0.887. The molecule has 0 aromatic heterocycles. The van der Waals surface area contributed by atoms with E-state index >= 15 is 0 Å². The Kier molecular flexibility index (Phi) is 5.64. The second-order valence-corrected chi connectivity index (χ2v) is 6.33. The van der Waals surface area contributed by atoms with E-state index in [-0.39, 0.29) is 0 Å². The van der Waals surface area contributed by atoms with Crippen LogP contribution in [0.1, 0.15) is 24.1 Å². The van der Waals surface area contributed by atoms with Gasteiger partial charge in [-0.25, -0.2) is 0 Å². The van der Waals surface area contributed by atoms with Crippen molar-refractivity contribution in [3.8, 4) is 5.75 Å². The Bertz CT molecular complexity index is 569. The number of benzene rings is 2. The molecule has 2 rings (SSSR count). The predicted molar refractivity (Wildman–Crippen MR) is 90.1 cm³/mol. The molecule has 0 spiro atoms. The van der Waals surface area contributed by atoms with Crippen molar-refractivity contribution in [3.63, 3.8) is 0 Å². The van der Waals surface area contributed by atoms with Gasteiger partial charge in [0, 0.05) is 21.5 Å². The van der Waals surface area contributed by atoms with E-state index < -0.39 is 0 Å². The maximum absolute atomic E-state index is 5.17. The molecule has 0 unspecified atom stereocenters. The standard InChI is InChI=1S/C16H17Br2NO/c1-11(13-4-6-14(20-2)7-5-13)19-10-12-3-8-15(17)16(18)9-12/h3-9,11,19H,10H2,1-2H3/t11-/m0/s1. The number of ether oxygens (including phenoxy) is 1. The minimum Gasteiger partial charge on any atom is -0.497 e. The Morgan fingerprint density at radius 3 is 2.35 bits per heavy atom. The summed E-state index contributed by atoms with van der Waals surface area (Å²) in [6, 6.07) is 14.7. The molecule has 1 atom stereocenters. The van der Waals surface area contributed by atoms with Crippen molar-refractivity contribution in [2.75, 3.05) is 7.11 Å². The van der Waals surface area contributed by atoms with Crippen molar-refractivity contribution >= 4 is 31.9 Å². The van der Waals surface area contributed by atoms with Gasteiger partial charge in [0.15, 0.2) is 0 Å². The zero-order chi connectivity index (χ0) is 14.5. The molecule has 0 aliphatic rings. The highest BCUT2D eigenvalue weighted by Crippen LogP contribution is 2.24. The molecule has 0 heterocycles. The lowest BCUT2D eigenvalue weighted by molar-refractivity contribution is 0.414. The maximum Gasteiger partial charge on any atom is 0.118 e. The first-order chi connectivity index (χ1) is 9.60. The molecule has 0 fully saturated rings. The largest absolute Gasteiger partial charge is 0.497 e. The van der Waals surface area contributed by atoms with Gasteiger partial charge < -0.3 is 10.1 Å². The summed E-state index contributed by atoms with van der Waals surface area (Å²) < 4.78 is 7.32. The minimum atomic E-state index is 0.295. The summed E-state index contributed by atoms with van der Waals surface area (Å²) in [6.07, 6.45) is 0. The van der Waals surface area contributed by atoms with Crippen LogP contribution in [0.25, 0.3) is 0 Å². The summed E-state index contributed by atoms with van der Waals surface area (Å²) in [6.45, 7) is 2.99. The quantitative estimate of drug-likeness (QED) is 0.758. The van der Waals surface area contributed by atoms with Gasteiger partial charge in [-0.05, 0) is 74.2 Å². The van der Waals surface area contributed by atoms with E-state index in [1.54, 1.807) is 7.11 Å². The molecule has 0 amide bonds. The Hall–Kier alpha value is -0.840. The molecule has 1 N–H and O–H groups in total. The lowest BCUT2D eigenvalue weighted by Crippen LogP contribution is -2.18. The number of methoxy groups -OCH3 is 1. The third-order valence-corrected chi connectivity index (χ3v) is 5.09. The second-order valence-electron chi connectivity index (χ2n) is 4.62. The molecule has 0 aliphatic heterocycles. The van der Waals surface area contributed by atoms with Crippen molar-refractivity contribution in [3.05, 3.63) is 62.5 Å². The Morgan fingerprint density at radius 1 is 1.05 bits per heavy atom. The molecule has 0 saturated carbocycles. The van der Waals surface area contributed by atoms with Gasteiger partial charge in [0.05, 0.1) is 7.11 Å². The molecule has 2 nitrogen and oxygen atoms in total. The molecule has 106 valence electrons. The van der Waals surface area contributed by atoms with Crippen LogP contribution in [-0.4, -0.2) is 7.11 Å². The lowest BCUT2D eigenvalue weighted by atomic mass is 10.1. The normalized spacial score (nSPS) is 12.2. The van der Waals surface area contributed by atoms with E-state index in [1.807, 2.05) is 12.1 Å². The Balaban J connectivity index is 1.96. The van der Waals surface area contributed by atoms with Gasteiger partial charge in [0.1, 0.15) is 5.75 Å². The van der Waals surface area contributed by atoms with Crippen LogP contribution in [0.3, 0.4) is 0 Å². The summed E-state index contributed by atoms with van der Waals surface area (Å²) >= 11 is 7.01. The summed E-state index contributed by atoms with van der Waals surface area (Å²) in [7, 11) is 1.68. The maximum atomic E-state index is 5.17. The van der Waals surface area contributed by atoms with Crippen LogP contribution < -0.4 is 10.1 Å². The first-order valence-electron chi connectivity index (χ1n) is 6.41. The van der Waals surface area contributed by atoms with Crippen molar-refractivity contribution in [2.45, 2.75) is 19.5 Å². The van der Waals surface area contributed by atoms with Gasteiger partial charge in [-0.3, -0.25) is 0 Å². The molecular weight excluding hydrogens is 382 g/mol. The van der Waals surface area contributed by atoms with Crippen LogP contribution in [0.5, 0.6) is 5.75 Å². The zero-order valence-electron chi connectivity index (χ0n) is 11.5. The molecule has 0 bridgehead atoms. The molecule has 2 aromatic rings. The summed E-state index contributed by atoms with van der Waals surface area (Å²) in [4.78, 5) is 0. The van der Waals surface area contributed by atoms with Gasteiger partial charge in [-0.2, -0.15) is 0 Å². The lowest BCUT2D eigenvalue weighted by Gasteiger charge is -2.15. The first kappa shape index (κ1) is 15.5. The highest BCUT2D eigenvalue weighted by Gasteiger charge is 2.06. The molecule has 2 aromatic carbocycles. The molecule has 0 saturated heterocycles. The molecular formula is C16H17Br2NO. The van der Waals surface area contributed by atoms with Crippen LogP contribution in [0.4, 0.5) is 0 Å². The van der Waals surface area contributed by atoms with Crippen molar-refractivity contribution < 1.29 is 4.74 Å². The van der Waals surface area contributed by atoms with Crippen LogP contribution in [0.15, 0.2) is 51.4 Å². The summed E-state index contributed by atoms with van der Waals surface area (Å²) in [5.41, 5.74) is 2.50. The van der Waals surface area contributed by atoms with Gasteiger partial charge in [0.25, 0.3) is 0 Å². The zero-order valence-corrected chi connectivity index (χ0v) is 14.7. The van der Waals surface area contributed by atoms with Crippen LogP contribution in [0, 0.1) is 0 Å². The van der Waals surface area contributed by atoms with Gasteiger partial charge >= 0.3 is 0 Å². The molecule has 4 heteroatoms. The van der Waals surface area contributed by atoms with Crippen LogP contribution in [0.2, 0.25) is 0 Å². The smallest absolute Gasteiger partial charge is 0.118 e. The molecule has 20 heavy (non-hydrogen) atoms. The Morgan fingerprint density at radius 2 is 1.75 bits per heavy atom. The number of nitrogens with one attached hydrogen (secondary N) is 1. The third-order valence-electron chi connectivity index (χ3n) is 3.21. The number of rotatable bonds is 5. The average Bonchev–Trinajstić information content (AvgIpc) is 2.48. The van der Waals surface area contributed by atoms with Gasteiger partial charge in [-0.1, -0.05) is 18.2 Å². The minimum absolute atomic E-state index is 0.295. The predicted octanol–water partition coefficient (Wildman–Crippen LogP) is 5.07. The monoisotopic (exact) mass is 397 g/mol. The van der Waals surface area contributed by atoms with Gasteiger partial charge in [-0.15, -0.1) is 0 Å². The first-order valence-corrected chi connectivity index (χ1v) is 8.00. The van der Waals surface area contributed by atoms with E-state index in [1.165, 1.54) is 11.1 Å². The fourth-order valence-corrected chi connectivity index (χ4v) is 2.60. The molecule has 0 radical (unpaired) electrons. The van der Waals surface area contributed by atoms with Crippen molar-refractivity contribution in [1.29, 1.82) is 0 Å². The topological polar surface area (TPSA) is 21.3 Å². The average molecular weight is 399 g/mol. The van der Waals surface area contributed by atoms with E-state index in [9.17, 15) is 0 Å². The van der Waals surface area contributed by atoms with Crippen LogP contribution >= 0.6 is 31.9 Å². The van der Waals surface area contributed by atoms with E-state index in [2.05, 4.69) is 74.4 Å². The van der Waals surface area contributed by atoms with Crippen molar-refractivity contribution in [2.24, 2.45) is 0 Å². The Labute approximate surface area is 136 Å². The highest BCUT2D eigenvalue weighted by atomic mass is 79.9. The van der Waals surface area contributed by atoms with Gasteiger partial charge in [0.2, 0.25) is 0 Å². The number of halogens is 2. The van der Waals surface area contributed by atoms with Crippen molar-refractivity contribution in [1.82, 2.24) is 5.32 Å². The number of hydrogen-bond donors (Lipinski definition) is 1. The highest BCUT2D eigenvalue weighted by molar-refractivity contribution is 9.13. The fraction of sp³-hybridized carbons (Fsp3) is 0.250. The number of hydrogen-bond acceptors (Lipinski definition) is 2. The summed E-state index contributed by atoms with van der Waals surface area (Å²) in [5, 5.41) is 3.52. The molecule has 0 aliphatic carbocycles.